The van der Waals surface area contributed by atoms with E-state index >= 15 is 0 Å². The number of amides is 1. The minimum atomic E-state index is 0.0604. The summed E-state index contributed by atoms with van der Waals surface area (Å²) in [6.45, 7) is 5.26. The van der Waals surface area contributed by atoms with E-state index in [2.05, 4.69) is 26.0 Å². The molecule has 8 nitrogen and oxygen atoms in total. The zero-order chi connectivity index (χ0) is 25.1. The second kappa shape index (κ2) is 11.1. The third-order valence-corrected chi connectivity index (χ3v) is 7.50. The lowest BCUT2D eigenvalue weighted by Crippen LogP contribution is -2.51. The van der Waals surface area contributed by atoms with Crippen molar-refractivity contribution in [1.29, 1.82) is 0 Å². The Hall–Kier alpha value is -2.81. The van der Waals surface area contributed by atoms with Crippen LogP contribution < -0.4 is 9.64 Å². The van der Waals surface area contributed by atoms with Gasteiger partial charge in [-0.2, -0.15) is 4.98 Å². The maximum absolute atomic E-state index is 13.2. The Labute approximate surface area is 220 Å². The molecule has 0 N–H and O–H groups in total. The summed E-state index contributed by atoms with van der Waals surface area (Å²) in [6.07, 6.45) is 1.66. The fourth-order valence-electron chi connectivity index (χ4n) is 4.95. The third-order valence-electron chi connectivity index (χ3n) is 6.95. The fraction of sp³-hybridized carbons (Fsp3) is 0.423. The number of halogens is 2. The zero-order valence-electron chi connectivity index (χ0n) is 20.2. The van der Waals surface area contributed by atoms with Crippen LogP contribution in [0.3, 0.4) is 0 Å². The summed E-state index contributed by atoms with van der Waals surface area (Å²) in [7, 11) is 1.69. The monoisotopic (exact) mass is 529 g/mol. The Kier molecular flexibility index (Phi) is 7.65. The van der Waals surface area contributed by atoms with Crippen molar-refractivity contribution in [3.63, 3.8) is 0 Å². The molecule has 1 amide bonds. The molecule has 0 atom stereocenters. The summed E-state index contributed by atoms with van der Waals surface area (Å²) >= 11 is 12.2. The number of piperazine rings is 1. The van der Waals surface area contributed by atoms with Gasteiger partial charge in [-0.3, -0.25) is 9.69 Å². The lowest BCUT2D eigenvalue weighted by atomic mass is 9.95. The van der Waals surface area contributed by atoms with E-state index in [1.54, 1.807) is 25.3 Å². The SMILES string of the molecule is COc1ccccc1N1CCN(C(=O)C2CCN(Cc3nc(-c4ccc(Cl)cc4Cl)no3)CC2)CC1. The molecule has 5 rings (SSSR count). The lowest BCUT2D eigenvalue weighted by molar-refractivity contribution is -0.137. The van der Waals surface area contributed by atoms with Gasteiger partial charge in [0.2, 0.25) is 17.6 Å². The summed E-state index contributed by atoms with van der Waals surface area (Å²) < 4.78 is 11.0. The van der Waals surface area contributed by atoms with Crippen LogP contribution in [0.25, 0.3) is 11.4 Å². The van der Waals surface area contributed by atoms with E-state index in [4.69, 9.17) is 32.5 Å². The molecule has 0 saturated carbocycles. The van der Waals surface area contributed by atoms with E-state index in [9.17, 15) is 4.79 Å². The summed E-state index contributed by atoms with van der Waals surface area (Å²) in [5.74, 6) is 2.18. The molecule has 0 spiro atoms. The van der Waals surface area contributed by atoms with Crippen molar-refractivity contribution in [2.75, 3.05) is 51.3 Å². The standard InChI is InChI=1S/C26H29Cl2N5O3/c1-35-23-5-3-2-4-22(23)32-12-14-33(15-13-32)26(34)18-8-10-31(11-9-18)17-24-29-25(30-36-24)20-7-6-19(27)16-21(20)28/h2-7,16,18H,8-15,17H2,1H3. The van der Waals surface area contributed by atoms with E-state index in [1.807, 2.05) is 23.1 Å². The van der Waals surface area contributed by atoms with Gasteiger partial charge < -0.3 is 19.1 Å². The maximum Gasteiger partial charge on any atom is 0.241 e. The van der Waals surface area contributed by atoms with Crippen LogP contribution in [0.4, 0.5) is 5.69 Å². The number of piperidine rings is 1. The molecule has 10 heteroatoms. The predicted octanol–water partition coefficient (Wildman–Crippen LogP) is 4.61. The van der Waals surface area contributed by atoms with Gasteiger partial charge in [0.15, 0.2) is 0 Å². The summed E-state index contributed by atoms with van der Waals surface area (Å²) in [5, 5.41) is 5.12. The number of hydrogen-bond acceptors (Lipinski definition) is 7. The smallest absolute Gasteiger partial charge is 0.241 e. The number of likely N-dealkylation sites (tertiary alicyclic amines) is 1. The molecule has 2 fully saturated rings. The zero-order valence-corrected chi connectivity index (χ0v) is 21.7. The van der Waals surface area contributed by atoms with E-state index < -0.39 is 0 Å². The van der Waals surface area contributed by atoms with Crippen LogP contribution in [0, 0.1) is 5.92 Å². The van der Waals surface area contributed by atoms with Crippen molar-refractivity contribution in [3.8, 4) is 17.1 Å². The van der Waals surface area contributed by atoms with Gasteiger partial charge in [-0.15, -0.1) is 0 Å². The average Bonchev–Trinajstić information content (AvgIpc) is 3.37. The van der Waals surface area contributed by atoms with Crippen LogP contribution in [-0.4, -0.2) is 72.2 Å². The first-order valence-electron chi connectivity index (χ1n) is 12.2. The first-order chi connectivity index (χ1) is 17.5. The van der Waals surface area contributed by atoms with Gasteiger partial charge in [-0.1, -0.05) is 40.5 Å². The van der Waals surface area contributed by atoms with E-state index in [0.29, 0.717) is 33.9 Å². The van der Waals surface area contributed by atoms with Crippen LogP contribution in [0.15, 0.2) is 47.0 Å². The maximum atomic E-state index is 13.2. The summed E-state index contributed by atoms with van der Waals surface area (Å²) in [6, 6.07) is 13.2. The topological polar surface area (TPSA) is 74.9 Å². The molecule has 3 aromatic rings. The molecule has 36 heavy (non-hydrogen) atoms. The van der Waals surface area contributed by atoms with Gasteiger partial charge in [0.05, 0.1) is 24.4 Å². The first-order valence-corrected chi connectivity index (χ1v) is 12.9. The van der Waals surface area contributed by atoms with Crippen LogP contribution >= 0.6 is 23.2 Å². The lowest BCUT2D eigenvalue weighted by Gasteiger charge is -2.39. The Bertz CT molecular complexity index is 1200. The molecule has 2 aliphatic rings. The van der Waals surface area contributed by atoms with E-state index in [0.717, 1.165) is 63.5 Å². The Morgan fingerprint density at radius 3 is 2.53 bits per heavy atom. The quantitative estimate of drug-likeness (QED) is 0.461. The second-order valence-electron chi connectivity index (χ2n) is 9.17. The summed E-state index contributed by atoms with van der Waals surface area (Å²) in [4.78, 5) is 24.3. The van der Waals surface area contributed by atoms with Crippen molar-refractivity contribution in [1.82, 2.24) is 19.9 Å². The predicted molar refractivity (Wildman–Crippen MR) is 140 cm³/mol. The van der Waals surface area contributed by atoms with Crippen LogP contribution in [0.5, 0.6) is 5.75 Å². The molecular weight excluding hydrogens is 501 g/mol. The van der Waals surface area contributed by atoms with Crippen LogP contribution in [-0.2, 0) is 11.3 Å². The highest BCUT2D eigenvalue weighted by Gasteiger charge is 2.31. The van der Waals surface area contributed by atoms with Gasteiger partial charge in [0, 0.05) is 42.7 Å². The van der Waals surface area contributed by atoms with Crippen molar-refractivity contribution < 1.29 is 14.1 Å². The molecule has 2 aromatic carbocycles. The number of ether oxygens (including phenoxy) is 1. The van der Waals surface area contributed by atoms with E-state index in [-0.39, 0.29) is 11.8 Å². The molecule has 0 unspecified atom stereocenters. The molecule has 2 aliphatic heterocycles. The third kappa shape index (κ3) is 5.45. The van der Waals surface area contributed by atoms with Crippen LogP contribution in [0.1, 0.15) is 18.7 Å². The second-order valence-corrected chi connectivity index (χ2v) is 10.0. The normalized spacial score (nSPS) is 17.4. The number of carbonyl (C=O) groups excluding carboxylic acids is 1. The van der Waals surface area contributed by atoms with Crippen LogP contribution in [0.2, 0.25) is 10.0 Å². The van der Waals surface area contributed by atoms with E-state index in [1.165, 1.54) is 0 Å². The number of anilines is 1. The number of carbonyl (C=O) groups is 1. The molecule has 190 valence electrons. The number of methoxy groups -OCH3 is 1. The van der Waals surface area contributed by atoms with Gasteiger partial charge in [-0.25, -0.2) is 0 Å². The summed E-state index contributed by atoms with van der Waals surface area (Å²) in [5.41, 5.74) is 1.77. The average molecular weight is 530 g/mol. The molecule has 0 aliphatic carbocycles. The van der Waals surface area contributed by atoms with Gasteiger partial charge >= 0.3 is 0 Å². The number of aromatic nitrogens is 2. The highest BCUT2D eigenvalue weighted by molar-refractivity contribution is 6.36. The minimum Gasteiger partial charge on any atom is -0.495 e. The molecule has 2 saturated heterocycles. The number of rotatable bonds is 6. The molecule has 0 radical (unpaired) electrons. The van der Waals surface area contributed by atoms with Gasteiger partial charge in [0.25, 0.3) is 0 Å². The largest absolute Gasteiger partial charge is 0.495 e. The molecular formula is C26H29Cl2N5O3. The van der Waals surface area contributed by atoms with Crippen molar-refractivity contribution >= 4 is 34.8 Å². The highest BCUT2D eigenvalue weighted by atomic mass is 35.5. The Morgan fingerprint density at radius 1 is 1.06 bits per heavy atom. The van der Waals surface area contributed by atoms with Crippen molar-refractivity contribution in [2.24, 2.45) is 5.92 Å². The first kappa shape index (κ1) is 24.9. The molecule has 0 bridgehead atoms. The molecule has 3 heterocycles. The Balaban J connectivity index is 1.10. The van der Waals surface area contributed by atoms with Crippen molar-refractivity contribution in [2.45, 2.75) is 19.4 Å². The number of hydrogen-bond donors (Lipinski definition) is 0. The van der Waals surface area contributed by atoms with Crippen molar-refractivity contribution in [3.05, 3.63) is 58.4 Å². The number of benzene rings is 2. The Morgan fingerprint density at radius 2 is 1.81 bits per heavy atom. The molecule has 1 aromatic heterocycles. The van der Waals surface area contributed by atoms with Gasteiger partial charge in [-0.05, 0) is 56.3 Å². The number of para-hydroxylation sites is 2. The van der Waals surface area contributed by atoms with Gasteiger partial charge in [0.1, 0.15) is 5.75 Å². The minimum absolute atomic E-state index is 0.0604. The highest BCUT2D eigenvalue weighted by Crippen LogP contribution is 2.30. The fourth-order valence-corrected chi connectivity index (χ4v) is 5.44. The number of nitrogens with zero attached hydrogens (tertiary/aromatic N) is 5.